The van der Waals surface area contributed by atoms with Crippen LogP contribution in [0.3, 0.4) is 0 Å². The van der Waals surface area contributed by atoms with Gasteiger partial charge in [-0.1, -0.05) is 32.9 Å². The molecule has 1 aromatic rings. The van der Waals surface area contributed by atoms with Gasteiger partial charge in [-0.15, -0.1) is 12.4 Å². The van der Waals surface area contributed by atoms with Crippen LogP contribution in [0.5, 0.6) is 0 Å². The second-order valence-corrected chi connectivity index (χ2v) is 7.66. The first-order valence-corrected chi connectivity index (χ1v) is 9.39. The SMILES string of the molecule is CC(C)c1ccc(N2CCC(C(=O)NC3CNCCC3C)C2=O)cc1.Cl. The van der Waals surface area contributed by atoms with Crippen molar-refractivity contribution in [2.45, 2.75) is 45.6 Å². The van der Waals surface area contributed by atoms with Gasteiger partial charge in [0, 0.05) is 24.8 Å². The summed E-state index contributed by atoms with van der Waals surface area (Å²) in [7, 11) is 0. The van der Waals surface area contributed by atoms with Gasteiger partial charge in [0.05, 0.1) is 0 Å². The van der Waals surface area contributed by atoms with Crippen molar-refractivity contribution in [1.29, 1.82) is 0 Å². The Hall–Kier alpha value is -1.59. The molecule has 5 nitrogen and oxygen atoms in total. The number of carbonyl (C=O) groups excluding carboxylic acids is 2. The molecule has 2 heterocycles. The zero-order valence-electron chi connectivity index (χ0n) is 15.8. The first kappa shape index (κ1) is 20.7. The average Bonchev–Trinajstić information content (AvgIpc) is 2.98. The Kier molecular flexibility index (Phi) is 7.07. The summed E-state index contributed by atoms with van der Waals surface area (Å²) >= 11 is 0. The standard InChI is InChI=1S/C20H29N3O2.ClH/c1-13(2)15-4-6-16(7-5-15)23-11-9-17(20(23)25)19(24)22-18-12-21-10-8-14(18)3;/h4-7,13-14,17-18,21H,8-12H2,1-3H3,(H,22,24);1H. The van der Waals surface area contributed by atoms with Crippen LogP contribution in [0.25, 0.3) is 0 Å². The van der Waals surface area contributed by atoms with Crippen molar-refractivity contribution in [3.63, 3.8) is 0 Å². The molecule has 2 saturated heterocycles. The highest BCUT2D eigenvalue weighted by molar-refractivity contribution is 6.09. The number of halogens is 1. The minimum Gasteiger partial charge on any atom is -0.351 e. The maximum Gasteiger partial charge on any atom is 0.239 e. The Labute approximate surface area is 162 Å². The van der Waals surface area contributed by atoms with Crippen molar-refractivity contribution in [3.8, 4) is 0 Å². The third kappa shape index (κ3) is 4.38. The minimum atomic E-state index is -0.557. The van der Waals surface area contributed by atoms with Gasteiger partial charge in [0.1, 0.15) is 5.92 Å². The van der Waals surface area contributed by atoms with E-state index in [2.05, 4.69) is 43.5 Å². The molecule has 144 valence electrons. The first-order chi connectivity index (χ1) is 12.0. The lowest BCUT2D eigenvalue weighted by molar-refractivity contribution is -0.132. The second-order valence-electron chi connectivity index (χ2n) is 7.66. The zero-order valence-corrected chi connectivity index (χ0v) is 16.6. The highest BCUT2D eigenvalue weighted by atomic mass is 35.5. The molecule has 3 atom stereocenters. The normalized spacial score (nSPS) is 25.9. The number of amides is 2. The summed E-state index contributed by atoms with van der Waals surface area (Å²) < 4.78 is 0. The van der Waals surface area contributed by atoms with Crippen molar-refractivity contribution in [2.75, 3.05) is 24.5 Å². The Morgan fingerprint density at radius 1 is 1.23 bits per heavy atom. The van der Waals surface area contributed by atoms with Gasteiger partial charge in [-0.05, 0) is 48.9 Å². The summed E-state index contributed by atoms with van der Waals surface area (Å²) in [5, 5.41) is 6.40. The van der Waals surface area contributed by atoms with Crippen LogP contribution in [0.1, 0.15) is 45.1 Å². The van der Waals surface area contributed by atoms with Gasteiger partial charge in [-0.2, -0.15) is 0 Å². The third-order valence-electron chi connectivity index (χ3n) is 5.55. The van der Waals surface area contributed by atoms with E-state index in [0.717, 1.165) is 25.2 Å². The molecular formula is C20H30ClN3O2. The Morgan fingerprint density at radius 3 is 2.54 bits per heavy atom. The van der Waals surface area contributed by atoms with Crippen molar-refractivity contribution in [3.05, 3.63) is 29.8 Å². The van der Waals surface area contributed by atoms with Gasteiger partial charge in [0.2, 0.25) is 11.8 Å². The van der Waals surface area contributed by atoms with Gasteiger partial charge in [0.25, 0.3) is 0 Å². The fourth-order valence-electron chi connectivity index (χ4n) is 3.68. The maximum atomic E-state index is 12.7. The fourth-order valence-corrected chi connectivity index (χ4v) is 3.68. The molecule has 2 amide bonds. The minimum absolute atomic E-state index is 0. The number of hydrogen-bond acceptors (Lipinski definition) is 3. The molecule has 0 aliphatic carbocycles. The molecule has 0 radical (unpaired) electrons. The van der Waals surface area contributed by atoms with Crippen LogP contribution < -0.4 is 15.5 Å². The quantitative estimate of drug-likeness (QED) is 0.791. The van der Waals surface area contributed by atoms with Crippen LogP contribution in [-0.4, -0.2) is 37.5 Å². The molecule has 3 unspecified atom stereocenters. The third-order valence-corrected chi connectivity index (χ3v) is 5.55. The van der Waals surface area contributed by atoms with Crippen LogP contribution in [0.2, 0.25) is 0 Å². The van der Waals surface area contributed by atoms with E-state index in [4.69, 9.17) is 0 Å². The van der Waals surface area contributed by atoms with Crippen LogP contribution in [-0.2, 0) is 9.59 Å². The predicted octanol–water partition coefficient (Wildman–Crippen LogP) is 2.70. The lowest BCUT2D eigenvalue weighted by Crippen LogP contribution is -2.52. The van der Waals surface area contributed by atoms with E-state index in [1.807, 2.05) is 12.1 Å². The number of nitrogens with zero attached hydrogens (tertiary/aromatic N) is 1. The van der Waals surface area contributed by atoms with Crippen LogP contribution in [0.15, 0.2) is 24.3 Å². The monoisotopic (exact) mass is 379 g/mol. The first-order valence-electron chi connectivity index (χ1n) is 9.39. The highest BCUT2D eigenvalue weighted by Gasteiger charge is 2.38. The largest absolute Gasteiger partial charge is 0.351 e. The van der Waals surface area contributed by atoms with E-state index in [0.29, 0.717) is 24.8 Å². The predicted molar refractivity (Wildman–Crippen MR) is 107 cm³/mol. The van der Waals surface area contributed by atoms with E-state index in [-0.39, 0.29) is 30.3 Å². The molecule has 2 aliphatic heterocycles. The van der Waals surface area contributed by atoms with E-state index in [9.17, 15) is 9.59 Å². The van der Waals surface area contributed by atoms with E-state index < -0.39 is 5.92 Å². The molecule has 6 heteroatoms. The van der Waals surface area contributed by atoms with Gasteiger partial charge in [-0.3, -0.25) is 9.59 Å². The molecule has 2 N–H and O–H groups in total. The summed E-state index contributed by atoms with van der Waals surface area (Å²) in [6.45, 7) is 8.85. The molecular weight excluding hydrogens is 350 g/mol. The molecule has 0 saturated carbocycles. The lowest BCUT2D eigenvalue weighted by atomic mass is 9.94. The number of piperidine rings is 1. The molecule has 26 heavy (non-hydrogen) atoms. The van der Waals surface area contributed by atoms with Crippen molar-refractivity contribution < 1.29 is 9.59 Å². The topological polar surface area (TPSA) is 61.4 Å². The van der Waals surface area contributed by atoms with Gasteiger partial charge in [0.15, 0.2) is 0 Å². The van der Waals surface area contributed by atoms with Crippen LogP contribution >= 0.6 is 12.4 Å². The Morgan fingerprint density at radius 2 is 1.92 bits per heavy atom. The molecule has 2 aliphatic rings. The highest BCUT2D eigenvalue weighted by Crippen LogP contribution is 2.27. The zero-order chi connectivity index (χ0) is 18.0. The molecule has 0 aromatic heterocycles. The number of nitrogens with one attached hydrogen (secondary N) is 2. The molecule has 0 bridgehead atoms. The fraction of sp³-hybridized carbons (Fsp3) is 0.600. The summed E-state index contributed by atoms with van der Waals surface area (Å²) in [5.74, 6) is 0.159. The second kappa shape index (κ2) is 8.87. The number of benzene rings is 1. The summed E-state index contributed by atoms with van der Waals surface area (Å²) in [6.07, 6.45) is 1.64. The summed E-state index contributed by atoms with van der Waals surface area (Å²) in [5.41, 5.74) is 2.14. The van der Waals surface area contributed by atoms with Crippen LogP contribution in [0.4, 0.5) is 5.69 Å². The molecule has 3 rings (SSSR count). The van der Waals surface area contributed by atoms with Gasteiger partial charge < -0.3 is 15.5 Å². The molecule has 2 fully saturated rings. The smallest absolute Gasteiger partial charge is 0.239 e. The maximum absolute atomic E-state index is 12.7. The van der Waals surface area contributed by atoms with Crippen molar-refractivity contribution in [2.24, 2.45) is 11.8 Å². The van der Waals surface area contributed by atoms with E-state index in [1.54, 1.807) is 4.90 Å². The van der Waals surface area contributed by atoms with Gasteiger partial charge in [-0.25, -0.2) is 0 Å². The average molecular weight is 380 g/mol. The van der Waals surface area contributed by atoms with Crippen LogP contribution in [0, 0.1) is 11.8 Å². The molecule has 1 aromatic carbocycles. The van der Waals surface area contributed by atoms with E-state index in [1.165, 1.54) is 5.56 Å². The van der Waals surface area contributed by atoms with Crippen molar-refractivity contribution in [1.82, 2.24) is 10.6 Å². The number of anilines is 1. The summed E-state index contributed by atoms with van der Waals surface area (Å²) in [4.78, 5) is 27.1. The lowest BCUT2D eigenvalue weighted by Gasteiger charge is -2.30. The number of hydrogen-bond donors (Lipinski definition) is 2. The van der Waals surface area contributed by atoms with Gasteiger partial charge >= 0.3 is 0 Å². The Balaban J connectivity index is 0.00000243. The number of carbonyl (C=O) groups is 2. The summed E-state index contributed by atoms with van der Waals surface area (Å²) in [6, 6.07) is 8.22. The number of rotatable bonds is 4. The van der Waals surface area contributed by atoms with Crippen molar-refractivity contribution >= 4 is 29.9 Å². The molecule has 0 spiro atoms. The van der Waals surface area contributed by atoms with E-state index >= 15 is 0 Å². The Bertz CT molecular complexity index is 632.